The first-order chi connectivity index (χ1) is 9.45. The van der Waals surface area contributed by atoms with E-state index in [2.05, 4.69) is 15.2 Å². The second-order valence-corrected chi connectivity index (χ2v) is 6.14. The highest BCUT2D eigenvalue weighted by Gasteiger charge is 2.21. The summed E-state index contributed by atoms with van der Waals surface area (Å²) in [6.45, 7) is 10.1. The van der Waals surface area contributed by atoms with Crippen LogP contribution in [-0.4, -0.2) is 42.1 Å². The Kier molecular flexibility index (Phi) is 4.73. The van der Waals surface area contributed by atoms with Crippen LogP contribution >= 0.6 is 0 Å². The van der Waals surface area contributed by atoms with E-state index in [1.807, 2.05) is 39.1 Å². The number of pyridine rings is 1. The van der Waals surface area contributed by atoms with Gasteiger partial charge in [0.2, 0.25) is 5.91 Å². The van der Waals surface area contributed by atoms with E-state index in [0.717, 1.165) is 38.4 Å². The lowest BCUT2D eigenvalue weighted by Crippen LogP contribution is -2.35. The number of amides is 1. The Morgan fingerprint density at radius 1 is 1.35 bits per heavy atom. The van der Waals surface area contributed by atoms with Crippen molar-refractivity contribution in [1.29, 1.82) is 0 Å². The molecule has 0 radical (unpaired) electrons. The zero-order chi connectivity index (χ0) is 14.6. The molecule has 1 aliphatic heterocycles. The highest BCUT2D eigenvalue weighted by Crippen LogP contribution is 2.16. The van der Waals surface area contributed by atoms with E-state index in [4.69, 9.17) is 4.74 Å². The molecule has 1 aromatic heterocycles. The third-order valence-electron chi connectivity index (χ3n) is 3.26. The van der Waals surface area contributed by atoms with Crippen LogP contribution in [0.4, 0.5) is 5.82 Å². The van der Waals surface area contributed by atoms with Gasteiger partial charge >= 0.3 is 0 Å². The SMILES string of the molecule is CC(C)(C)C(=O)Nc1ccc(CN2CCOCC2)cn1. The molecule has 0 saturated carbocycles. The van der Waals surface area contributed by atoms with Gasteiger partial charge in [0, 0.05) is 31.2 Å². The summed E-state index contributed by atoms with van der Waals surface area (Å²) in [5.41, 5.74) is 0.745. The van der Waals surface area contributed by atoms with Crippen molar-refractivity contribution in [3.05, 3.63) is 23.9 Å². The fourth-order valence-electron chi connectivity index (χ4n) is 1.91. The van der Waals surface area contributed by atoms with E-state index in [9.17, 15) is 4.79 Å². The van der Waals surface area contributed by atoms with Gasteiger partial charge < -0.3 is 10.1 Å². The zero-order valence-electron chi connectivity index (χ0n) is 12.5. The quantitative estimate of drug-likeness (QED) is 0.917. The molecule has 5 nitrogen and oxygen atoms in total. The molecule has 1 amide bonds. The van der Waals surface area contributed by atoms with Crippen LogP contribution < -0.4 is 5.32 Å². The standard InChI is InChI=1S/C15H23N3O2/c1-15(2,3)14(19)17-13-5-4-12(10-16-13)11-18-6-8-20-9-7-18/h4-5,10H,6-9,11H2,1-3H3,(H,16,17,19). The van der Waals surface area contributed by atoms with E-state index in [0.29, 0.717) is 5.82 Å². The van der Waals surface area contributed by atoms with E-state index >= 15 is 0 Å². The van der Waals surface area contributed by atoms with Crippen LogP contribution in [0.15, 0.2) is 18.3 Å². The molecule has 5 heteroatoms. The molecule has 1 aromatic rings. The Bertz CT molecular complexity index is 445. The number of aromatic nitrogens is 1. The summed E-state index contributed by atoms with van der Waals surface area (Å²) in [4.78, 5) is 18.5. The predicted octanol–water partition coefficient (Wildman–Crippen LogP) is 1.90. The first-order valence-corrected chi connectivity index (χ1v) is 7.01. The van der Waals surface area contributed by atoms with Gasteiger partial charge in [-0.1, -0.05) is 26.8 Å². The molecule has 0 atom stereocenters. The van der Waals surface area contributed by atoms with Gasteiger partial charge in [-0.2, -0.15) is 0 Å². The number of carbonyl (C=O) groups excluding carboxylic acids is 1. The molecular weight excluding hydrogens is 254 g/mol. The van der Waals surface area contributed by atoms with Crippen LogP contribution in [0.2, 0.25) is 0 Å². The van der Waals surface area contributed by atoms with E-state index in [-0.39, 0.29) is 5.91 Å². The molecule has 1 N–H and O–H groups in total. The van der Waals surface area contributed by atoms with Crippen molar-refractivity contribution >= 4 is 11.7 Å². The molecule has 20 heavy (non-hydrogen) atoms. The third-order valence-corrected chi connectivity index (χ3v) is 3.26. The molecule has 0 aliphatic carbocycles. The number of nitrogens with zero attached hydrogens (tertiary/aromatic N) is 2. The number of ether oxygens (including phenoxy) is 1. The first-order valence-electron chi connectivity index (χ1n) is 7.01. The van der Waals surface area contributed by atoms with Crippen molar-refractivity contribution in [2.75, 3.05) is 31.6 Å². The minimum absolute atomic E-state index is 0.0223. The lowest BCUT2D eigenvalue weighted by molar-refractivity contribution is -0.123. The average molecular weight is 277 g/mol. The van der Waals surface area contributed by atoms with Crippen LogP contribution in [0.5, 0.6) is 0 Å². The van der Waals surface area contributed by atoms with Gasteiger partial charge in [-0.05, 0) is 11.6 Å². The van der Waals surface area contributed by atoms with E-state index in [1.165, 1.54) is 0 Å². The van der Waals surface area contributed by atoms with Gasteiger partial charge in [0.1, 0.15) is 5.82 Å². The van der Waals surface area contributed by atoms with Gasteiger partial charge in [0.15, 0.2) is 0 Å². The minimum atomic E-state index is -0.409. The van der Waals surface area contributed by atoms with Crippen molar-refractivity contribution in [2.45, 2.75) is 27.3 Å². The molecule has 110 valence electrons. The van der Waals surface area contributed by atoms with Crippen LogP contribution in [0.25, 0.3) is 0 Å². The van der Waals surface area contributed by atoms with E-state index < -0.39 is 5.41 Å². The highest BCUT2D eigenvalue weighted by molar-refractivity contribution is 5.93. The molecule has 0 spiro atoms. The number of carbonyl (C=O) groups is 1. The number of rotatable bonds is 3. The molecule has 2 heterocycles. The maximum absolute atomic E-state index is 11.9. The number of morpholine rings is 1. The van der Waals surface area contributed by atoms with Crippen LogP contribution in [-0.2, 0) is 16.1 Å². The summed E-state index contributed by atoms with van der Waals surface area (Å²) in [5, 5.41) is 2.83. The summed E-state index contributed by atoms with van der Waals surface area (Å²) in [6.07, 6.45) is 1.83. The maximum Gasteiger partial charge on any atom is 0.230 e. The summed E-state index contributed by atoms with van der Waals surface area (Å²) in [7, 11) is 0. The number of anilines is 1. The molecule has 1 aliphatic rings. The molecule has 1 saturated heterocycles. The molecule has 2 rings (SSSR count). The number of nitrogens with one attached hydrogen (secondary N) is 1. The van der Waals surface area contributed by atoms with E-state index in [1.54, 1.807) is 0 Å². The Balaban J connectivity index is 1.91. The van der Waals surface area contributed by atoms with Crippen molar-refractivity contribution in [3.8, 4) is 0 Å². The fraction of sp³-hybridized carbons (Fsp3) is 0.600. The molecule has 0 aromatic carbocycles. The summed E-state index contributed by atoms with van der Waals surface area (Å²) < 4.78 is 5.33. The summed E-state index contributed by atoms with van der Waals surface area (Å²) >= 11 is 0. The Morgan fingerprint density at radius 2 is 2.05 bits per heavy atom. The zero-order valence-corrected chi connectivity index (χ0v) is 12.5. The predicted molar refractivity (Wildman–Crippen MR) is 78.4 cm³/mol. The smallest absolute Gasteiger partial charge is 0.230 e. The van der Waals surface area contributed by atoms with Crippen LogP contribution in [0.3, 0.4) is 0 Å². The molecule has 0 unspecified atom stereocenters. The lowest BCUT2D eigenvalue weighted by Gasteiger charge is -2.26. The average Bonchev–Trinajstić information content (AvgIpc) is 2.41. The van der Waals surface area contributed by atoms with Gasteiger partial charge in [-0.3, -0.25) is 9.69 Å². The van der Waals surface area contributed by atoms with Crippen LogP contribution in [0.1, 0.15) is 26.3 Å². The van der Waals surface area contributed by atoms with Crippen molar-refractivity contribution in [1.82, 2.24) is 9.88 Å². The number of hydrogen-bond donors (Lipinski definition) is 1. The summed E-state index contributed by atoms with van der Waals surface area (Å²) in [5.74, 6) is 0.585. The van der Waals surface area contributed by atoms with Gasteiger partial charge in [-0.15, -0.1) is 0 Å². The monoisotopic (exact) mass is 277 g/mol. The second kappa shape index (κ2) is 6.33. The second-order valence-electron chi connectivity index (χ2n) is 6.14. The lowest BCUT2D eigenvalue weighted by atomic mass is 9.96. The van der Waals surface area contributed by atoms with Crippen molar-refractivity contribution in [3.63, 3.8) is 0 Å². The molecule has 1 fully saturated rings. The Labute approximate surface area is 120 Å². The topological polar surface area (TPSA) is 54.5 Å². The Hall–Kier alpha value is -1.46. The fourth-order valence-corrected chi connectivity index (χ4v) is 1.91. The Morgan fingerprint density at radius 3 is 2.60 bits per heavy atom. The maximum atomic E-state index is 11.9. The molecular formula is C15H23N3O2. The normalized spacial score (nSPS) is 16.9. The van der Waals surface area contributed by atoms with Crippen molar-refractivity contribution < 1.29 is 9.53 Å². The molecule has 0 bridgehead atoms. The first kappa shape index (κ1) is 14.9. The third kappa shape index (κ3) is 4.28. The minimum Gasteiger partial charge on any atom is -0.379 e. The van der Waals surface area contributed by atoms with Gasteiger partial charge in [-0.25, -0.2) is 4.98 Å². The largest absolute Gasteiger partial charge is 0.379 e. The van der Waals surface area contributed by atoms with Gasteiger partial charge in [0.05, 0.1) is 13.2 Å². The van der Waals surface area contributed by atoms with Gasteiger partial charge in [0.25, 0.3) is 0 Å². The highest BCUT2D eigenvalue weighted by atomic mass is 16.5. The van der Waals surface area contributed by atoms with Crippen molar-refractivity contribution in [2.24, 2.45) is 5.41 Å². The van der Waals surface area contributed by atoms with Crippen LogP contribution in [0, 0.1) is 5.41 Å². The number of hydrogen-bond acceptors (Lipinski definition) is 4. The summed E-state index contributed by atoms with van der Waals surface area (Å²) in [6, 6.07) is 3.88.